The second kappa shape index (κ2) is 5.97. The van der Waals surface area contributed by atoms with E-state index in [9.17, 15) is 14.4 Å². The van der Waals surface area contributed by atoms with Gasteiger partial charge in [0.1, 0.15) is 0 Å². The summed E-state index contributed by atoms with van der Waals surface area (Å²) in [5, 5.41) is 33.8. The van der Waals surface area contributed by atoms with Gasteiger partial charge in [-0.2, -0.15) is 0 Å². The van der Waals surface area contributed by atoms with Gasteiger partial charge in [0.05, 0.1) is 12.8 Å². The van der Waals surface area contributed by atoms with Crippen LogP contribution < -0.4 is 0 Å². The van der Waals surface area contributed by atoms with Crippen LogP contribution in [-0.2, 0) is 14.4 Å². The number of hydrogen-bond acceptors (Lipinski definition) is 4. The van der Waals surface area contributed by atoms with E-state index in [1.165, 1.54) is 0 Å². The van der Waals surface area contributed by atoms with Crippen LogP contribution >= 0.6 is 0 Å². The van der Waals surface area contributed by atoms with Gasteiger partial charge in [0, 0.05) is 0 Å². The Balaban J connectivity index is -0.000000240. The maximum atomic E-state index is 10.3. The molecule has 0 fully saturated rings. The average molecular weight is 218 g/mol. The van der Waals surface area contributed by atoms with Crippen LogP contribution in [-0.4, -0.2) is 73.5 Å². The molecular formula is C6H11NaO7+2. The van der Waals surface area contributed by atoms with Crippen LogP contribution in [0.2, 0.25) is 0 Å². The van der Waals surface area contributed by atoms with Gasteiger partial charge in [-0.25, -0.2) is 4.79 Å². The van der Waals surface area contributed by atoms with Gasteiger partial charge in [-0.1, -0.05) is 0 Å². The summed E-state index contributed by atoms with van der Waals surface area (Å²) >= 11 is 0. The summed E-state index contributed by atoms with van der Waals surface area (Å²) in [7, 11) is 0. The van der Waals surface area contributed by atoms with E-state index in [1.54, 1.807) is 0 Å². The maximum absolute atomic E-state index is 10.3. The number of carboxylic acids is 3. The van der Waals surface area contributed by atoms with Crippen LogP contribution in [0.4, 0.5) is 0 Å². The SMILES string of the molecule is O=C(O)CC(O)(CC(=O)O)C(=O)O.[H+].[H+].[NaH]. The first-order valence-corrected chi connectivity index (χ1v) is 3.17. The van der Waals surface area contributed by atoms with Gasteiger partial charge in [-0.05, 0) is 0 Å². The van der Waals surface area contributed by atoms with E-state index in [0.717, 1.165) is 0 Å². The zero-order valence-corrected chi connectivity index (χ0v) is 6.43. The molecule has 0 radical (unpaired) electrons. The Labute approximate surface area is 104 Å². The predicted molar refractivity (Wildman–Crippen MR) is 46.5 cm³/mol. The minimum atomic E-state index is -2.74. The van der Waals surface area contributed by atoms with Crippen molar-refractivity contribution in [3.8, 4) is 0 Å². The molecule has 0 aromatic carbocycles. The average Bonchev–Trinajstić information content (AvgIpc) is 1.82. The van der Waals surface area contributed by atoms with Gasteiger partial charge < -0.3 is 20.4 Å². The van der Waals surface area contributed by atoms with Gasteiger partial charge >= 0.3 is 50.3 Å². The van der Waals surface area contributed by atoms with Crippen molar-refractivity contribution < 1.29 is 37.7 Å². The van der Waals surface area contributed by atoms with Crippen LogP contribution in [0.5, 0.6) is 0 Å². The van der Waals surface area contributed by atoms with Crippen LogP contribution in [0.3, 0.4) is 0 Å². The minimum absolute atomic E-state index is 0. The van der Waals surface area contributed by atoms with Crippen LogP contribution in [0.15, 0.2) is 0 Å². The van der Waals surface area contributed by atoms with E-state index in [0.29, 0.717) is 0 Å². The monoisotopic (exact) mass is 218 g/mol. The fraction of sp³-hybridized carbons (Fsp3) is 0.500. The molecule has 0 unspecified atom stereocenters. The molecule has 0 aromatic rings. The van der Waals surface area contributed by atoms with Crippen molar-refractivity contribution in [3.05, 3.63) is 0 Å². The summed E-state index contributed by atoms with van der Waals surface area (Å²) in [6.07, 6.45) is -2.29. The second-order valence-electron chi connectivity index (χ2n) is 2.48. The topological polar surface area (TPSA) is 132 Å². The van der Waals surface area contributed by atoms with E-state index in [-0.39, 0.29) is 32.4 Å². The molecule has 0 aliphatic heterocycles. The molecule has 76 valence electrons. The Morgan fingerprint density at radius 2 is 1.29 bits per heavy atom. The molecule has 0 heterocycles. The van der Waals surface area contributed by atoms with Crippen molar-refractivity contribution in [2.75, 3.05) is 0 Å². The normalized spacial score (nSPS) is 10.1. The molecule has 0 aromatic heterocycles. The zero-order chi connectivity index (χ0) is 10.6. The Morgan fingerprint density at radius 1 is 1.00 bits per heavy atom. The standard InChI is InChI=1S/C6H8O7.Na.H/c7-3(8)1-6(13,5(11)12)2-4(9)10;;/h13H,1-2H2,(H,7,8)(H,9,10)(H,11,12);;/p+2. The van der Waals surface area contributed by atoms with E-state index >= 15 is 0 Å². The van der Waals surface area contributed by atoms with Crippen LogP contribution in [0.1, 0.15) is 15.7 Å². The number of hydrogen-bond donors (Lipinski definition) is 4. The first-order valence-electron chi connectivity index (χ1n) is 3.17. The van der Waals surface area contributed by atoms with Crippen molar-refractivity contribution in [3.63, 3.8) is 0 Å². The molecule has 0 bridgehead atoms. The number of aliphatic hydroxyl groups is 1. The molecule has 0 amide bonds. The third-order valence-electron chi connectivity index (χ3n) is 1.29. The van der Waals surface area contributed by atoms with Gasteiger partial charge in [-0.15, -0.1) is 0 Å². The molecule has 0 atom stereocenters. The summed E-state index contributed by atoms with van der Waals surface area (Å²) in [5.74, 6) is -5.02. The molecule has 0 saturated heterocycles. The molecule has 14 heavy (non-hydrogen) atoms. The Hall–Kier alpha value is -0.630. The van der Waals surface area contributed by atoms with Crippen molar-refractivity contribution in [2.24, 2.45) is 0 Å². The Morgan fingerprint density at radius 3 is 1.43 bits per heavy atom. The summed E-state index contributed by atoms with van der Waals surface area (Å²) in [6.45, 7) is 0. The van der Waals surface area contributed by atoms with Gasteiger partial charge in [0.2, 0.25) is 0 Å². The van der Waals surface area contributed by atoms with Crippen LogP contribution in [0.25, 0.3) is 0 Å². The number of carbonyl (C=O) groups is 3. The first-order chi connectivity index (χ1) is 5.78. The fourth-order valence-electron chi connectivity index (χ4n) is 0.714. The third-order valence-corrected chi connectivity index (χ3v) is 1.29. The predicted octanol–water partition coefficient (Wildman–Crippen LogP) is -1.67. The second-order valence-corrected chi connectivity index (χ2v) is 2.48. The molecule has 0 aliphatic rings. The van der Waals surface area contributed by atoms with E-state index in [1.807, 2.05) is 0 Å². The molecule has 8 heteroatoms. The quantitative estimate of drug-likeness (QED) is 0.405. The zero-order valence-electron chi connectivity index (χ0n) is 8.43. The summed E-state index contributed by atoms with van der Waals surface area (Å²) in [5.41, 5.74) is -2.74. The number of rotatable bonds is 5. The Bertz CT molecular complexity index is 241. The molecular weight excluding hydrogens is 207 g/mol. The molecule has 0 aliphatic carbocycles. The van der Waals surface area contributed by atoms with Crippen molar-refractivity contribution in [2.45, 2.75) is 18.4 Å². The third kappa shape index (κ3) is 5.18. The number of aliphatic carboxylic acids is 3. The fourth-order valence-corrected chi connectivity index (χ4v) is 0.714. The Kier molecular flexibility index (Phi) is 6.75. The molecule has 0 spiro atoms. The summed E-state index contributed by atoms with van der Waals surface area (Å²) < 4.78 is 0. The molecule has 4 N–H and O–H groups in total. The van der Waals surface area contributed by atoms with Gasteiger partial charge in [0.25, 0.3) is 0 Å². The molecule has 0 rings (SSSR count). The molecule has 7 nitrogen and oxygen atoms in total. The van der Waals surface area contributed by atoms with Crippen molar-refractivity contribution >= 4 is 47.5 Å². The van der Waals surface area contributed by atoms with Crippen LogP contribution in [0, 0.1) is 0 Å². The summed E-state index contributed by atoms with van der Waals surface area (Å²) in [6, 6.07) is 0. The first kappa shape index (κ1) is 15.8. The van der Waals surface area contributed by atoms with E-state index in [4.69, 9.17) is 20.4 Å². The van der Waals surface area contributed by atoms with Crippen molar-refractivity contribution in [1.29, 1.82) is 0 Å². The van der Waals surface area contributed by atoms with Gasteiger partial charge in [-0.3, -0.25) is 9.59 Å². The van der Waals surface area contributed by atoms with E-state index in [2.05, 4.69) is 0 Å². The van der Waals surface area contributed by atoms with E-state index < -0.39 is 36.4 Å². The number of carboxylic acid groups (broad SMARTS) is 3. The van der Waals surface area contributed by atoms with Gasteiger partial charge in [0.15, 0.2) is 5.60 Å². The van der Waals surface area contributed by atoms with Crippen molar-refractivity contribution in [1.82, 2.24) is 0 Å². The summed E-state index contributed by atoms with van der Waals surface area (Å²) in [4.78, 5) is 30.5. The molecule has 0 saturated carbocycles.